The Labute approximate surface area is 108 Å². The van der Waals surface area contributed by atoms with E-state index in [0.29, 0.717) is 0 Å². The fourth-order valence-corrected chi connectivity index (χ4v) is 3.64. The minimum Gasteiger partial charge on any atom is -0.496 e. The van der Waals surface area contributed by atoms with Gasteiger partial charge in [-0.25, -0.2) is 0 Å². The Morgan fingerprint density at radius 1 is 1.29 bits per heavy atom. The molecule has 0 heterocycles. The van der Waals surface area contributed by atoms with Gasteiger partial charge in [0.05, 0.1) is 7.11 Å². The molecular formula is C14H21NOS. The minimum atomic E-state index is 0.772. The average Bonchev–Trinajstić information content (AvgIpc) is 2.38. The highest BCUT2D eigenvalue weighted by molar-refractivity contribution is 7.99. The van der Waals surface area contributed by atoms with Crippen LogP contribution in [0.2, 0.25) is 0 Å². The molecule has 0 atom stereocenters. The van der Waals surface area contributed by atoms with E-state index in [1.807, 2.05) is 12.1 Å². The Morgan fingerprint density at radius 3 is 2.76 bits per heavy atom. The molecule has 1 aliphatic rings. The highest BCUT2D eigenvalue weighted by Gasteiger charge is 2.14. The predicted octanol–water partition coefficient (Wildman–Crippen LogP) is 3.84. The van der Waals surface area contributed by atoms with Crippen LogP contribution in [0, 0.1) is 0 Å². The molecule has 0 bridgehead atoms. The molecule has 1 fully saturated rings. The Hall–Kier alpha value is -0.830. The van der Waals surface area contributed by atoms with Crippen LogP contribution in [0.5, 0.6) is 5.75 Å². The maximum atomic E-state index is 5.76. The van der Waals surface area contributed by atoms with Crippen LogP contribution >= 0.6 is 11.8 Å². The summed E-state index contributed by atoms with van der Waals surface area (Å²) in [5.41, 5.74) is 7.79. The van der Waals surface area contributed by atoms with E-state index in [1.54, 1.807) is 7.11 Å². The first-order valence-electron chi connectivity index (χ1n) is 6.33. The summed E-state index contributed by atoms with van der Waals surface area (Å²) < 4.78 is 5.37. The van der Waals surface area contributed by atoms with Crippen LogP contribution in [0.1, 0.15) is 37.7 Å². The Kier molecular flexibility index (Phi) is 4.60. The first-order chi connectivity index (χ1) is 8.29. The number of hydrogen-bond acceptors (Lipinski definition) is 3. The lowest BCUT2D eigenvalue weighted by molar-refractivity contribution is 0.411. The number of methoxy groups -OCH3 is 1. The number of nitrogen functional groups attached to an aromatic ring is 1. The summed E-state index contributed by atoms with van der Waals surface area (Å²) >= 11 is 2.07. The van der Waals surface area contributed by atoms with Gasteiger partial charge in [0.1, 0.15) is 5.75 Å². The number of thioether (sulfide) groups is 1. The molecule has 0 aromatic heterocycles. The number of rotatable bonds is 4. The topological polar surface area (TPSA) is 35.2 Å². The van der Waals surface area contributed by atoms with Crippen LogP contribution in [0.25, 0.3) is 0 Å². The van der Waals surface area contributed by atoms with Crippen molar-refractivity contribution in [2.24, 2.45) is 0 Å². The maximum Gasteiger partial charge on any atom is 0.124 e. The van der Waals surface area contributed by atoms with E-state index in [9.17, 15) is 0 Å². The summed E-state index contributed by atoms with van der Waals surface area (Å²) in [5.74, 6) is 1.96. The molecule has 1 aromatic rings. The molecule has 94 valence electrons. The van der Waals surface area contributed by atoms with Crippen LogP contribution in [0.15, 0.2) is 18.2 Å². The largest absolute Gasteiger partial charge is 0.496 e. The second kappa shape index (κ2) is 6.20. The van der Waals surface area contributed by atoms with Crippen LogP contribution in [-0.4, -0.2) is 12.4 Å². The zero-order chi connectivity index (χ0) is 12.1. The van der Waals surface area contributed by atoms with E-state index in [1.165, 1.54) is 37.7 Å². The van der Waals surface area contributed by atoms with Gasteiger partial charge in [-0.2, -0.15) is 11.8 Å². The van der Waals surface area contributed by atoms with Gasteiger partial charge in [0.2, 0.25) is 0 Å². The average molecular weight is 251 g/mol. The normalized spacial score (nSPS) is 17.0. The van der Waals surface area contributed by atoms with Crippen molar-refractivity contribution < 1.29 is 4.74 Å². The highest BCUT2D eigenvalue weighted by atomic mass is 32.2. The SMILES string of the molecule is COc1cc(N)ccc1CSC1CCCCC1. The zero-order valence-electron chi connectivity index (χ0n) is 10.4. The zero-order valence-corrected chi connectivity index (χ0v) is 11.3. The van der Waals surface area contributed by atoms with E-state index in [4.69, 9.17) is 10.5 Å². The number of anilines is 1. The molecule has 1 aliphatic carbocycles. The van der Waals surface area contributed by atoms with Crippen molar-refractivity contribution in [1.82, 2.24) is 0 Å². The smallest absolute Gasteiger partial charge is 0.124 e. The summed E-state index contributed by atoms with van der Waals surface area (Å²) in [6.07, 6.45) is 6.97. The van der Waals surface area contributed by atoms with E-state index in [-0.39, 0.29) is 0 Å². The molecule has 1 aromatic carbocycles. The molecule has 1 saturated carbocycles. The molecular weight excluding hydrogens is 230 g/mol. The molecule has 0 unspecified atom stereocenters. The van der Waals surface area contributed by atoms with Gasteiger partial charge < -0.3 is 10.5 Å². The lowest BCUT2D eigenvalue weighted by Crippen LogP contribution is -2.08. The molecule has 0 spiro atoms. The van der Waals surface area contributed by atoms with Gasteiger partial charge in [0.15, 0.2) is 0 Å². The maximum absolute atomic E-state index is 5.76. The molecule has 17 heavy (non-hydrogen) atoms. The summed E-state index contributed by atoms with van der Waals surface area (Å²) in [6.45, 7) is 0. The van der Waals surface area contributed by atoms with Crippen molar-refractivity contribution in [3.63, 3.8) is 0 Å². The van der Waals surface area contributed by atoms with Crippen LogP contribution in [0.4, 0.5) is 5.69 Å². The van der Waals surface area contributed by atoms with E-state index in [2.05, 4.69) is 17.8 Å². The fraction of sp³-hybridized carbons (Fsp3) is 0.571. The molecule has 3 heteroatoms. The Balaban J connectivity index is 1.93. The van der Waals surface area contributed by atoms with Crippen LogP contribution in [0.3, 0.4) is 0 Å². The number of benzene rings is 1. The van der Waals surface area contributed by atoms with Crippen molar-refractivity contribution in [2.45, 2.75) is 43.1 Å². The Morgan fingerprint density at radius 2 is 2.06 bits per heavy atom. The fourth-order valence-electron chi connectivity index (χ4n) is 2.32. The summed E-state index contributed by atoms with van der Waals surface area (Å²) in [7, 11) is 1.71. The molecule has 0 aliphatic heterocycles. The molecule has 2 rings (SSSR count). The monoisotopic (exact) mass is 251 g/mol. The standard InChI is InChI=1S/C14H21NOS/c1-16-14-9-12(15)8-7-11(14)10-17-13-5-3-2-4-6-13/h7-9,13H,2-6,10,15H2,1H3. The summed E-state index contributed by atoms with van der Waals surface area (Å²) in [6, 6.07) is 5.96. The van der Waals surface area contributed by atoms with Gasteiger partial charge in [-0.15, -0.1) is 0 Å². The number of nitrogens with two attached hydrogens (primary N) is 1. The van der Waals surface area contributed by atoms with Crippen molar-refractivity contribution >= 4 is 17.4 Å². The van der Waals surface area contributed by atoms with Crippen molar-refractivity contribution in [1.29, 1.82) is 0 Å². The third kappa shape index (κ3) is 3.56. The van der Waals surface area contributed by atoms with Gasteiger partial charge in [-0.1, -0.05) is 25.3 Å². The van der Waals surface area contributed by atoms with Gasteiger partial charge in [-0.3, -0.25) is 0 Å². The van der Waals surface area contributed by atoms with Crippen molar-refractivity contribution in [3.8, 4) is 5.75 Å². The van der Waals surface area contributed by atoms with E-state index < -0.39 is 0 Å². The lowest BCUT2D eigenvalue weighted by Gasteiger charge is -2.21. The Bertz CT molecular complexity index is 361. The van der Waals surface area contributed by atoms with Crippen LogP contribution in [-0.2, 0) is 5.75 Å². The van der Waals surface area contributed by atoms with Gasteiger partial charge in [0.25, 0.3) is 0 Å². The van der Waals surface area contributed by atoms with Gasteiger partial charge in [-0.05, 0) is 18.9 Å². The molecule has 0 radical (unpaired) electrons. The summed E-state index contributed by atoms with van der Waals surface area (Å²) in [4.78, 5) is 0. The van der Waals surface area contributed by atoms with Gasteiger partial charge >= 0.3 is 0 Å². The van der Waals surface area contributed by atoms with E-state index in [0.717, 1.165) is 22.4 Å². The predicted molar refractivity (Wildman–Crippen MR) is 75.6 cm³/mol. The number of ether oxygens (including phenoxy) is 1. The number of hydrogen-bond donors (Lipinski definition) is 1. The third-order valence-electron chi connectivity index (χ3n) is 3.34. The second-order valence-electron chi connectivity index (χ2n) is 4.64. The lowest BCUT2D eigenvalue weighted by atomic mass is 10.0. The van der Waals surface area contributed by atoms with Crippen molar-refractivity contribution in [2.75, 3.05) is 12.8 Å². The minimum absolute atomic E-state index is 0.772. The molecule has 0 amide bonds. The first-order valence-corrected chi connectivity index (χ1v) is 7.38. The molecule has 0 saturated heterocycles. The quantitative estimate of drug-likeness (QED) is 0.826. The molecule has 2 N–H and O–H groups in total. The van der Waals surface area contributed by atoms with Crippen molar-refractivity contribution in [3.05, 3.63) is 23.8 Å². The van der Waals surface area contributed by atoms with Gasteiger partial charge in [0, 0.05) is 28.3 Å². The summed E-state index contributed by atoms with van der Waals surface area (Å²) in [5, 5.41) is 0.839. The van der Waals surface area contributed by atoms with Crippen LogP contribution < -0.4 is 10.5 Å². The second-order valence-corrected chi connectivity index (χ2v) is 5.93. The van der Waals surface area contributed by atoms with E-state index >= 15 is 0 Å². The highest BCUT2D eigenvalue weighted by Crippen LogP contribution is 2.33. The first kappa shape index (κ1) is 12.6. The third-order valence-corrected chi connectivity index (χ3v) is 4.76. The molecule has 2 nitrogen and oxygen atoms in total.